The molecule has 1 aliphatic rings. The third-order valence-corrected chi connectivity index (χ3v) is 3.52. The molecule has 2 aromatic rings. The summed E-state index contributed by atoms with van der Waals surface area (Å²) < 4.78 is 0.949. The number of hydrogen-bond donors (Lipinski definition) is 1. The molecular formula is C12H7BrO2. The fourth-order valence-corrected chi connectivity index (χ4v) is 2.58. The van der Waals surface area contributed by atoms with Crippen molar-refractivity contribution in [2.24, 2.45) is 0 Å². The minimum atomic E-state index is -0.988. The number of aliphatic hydroxyl groups is 1. The average Bonchev–Trinajstić information content (AvgIpc) is 2.50. The zero-order valence-electron chi connectivity index (χ0n) is 7.70. The van der Waals surface area contributed by atoms with Gasteiger partial charge in [-0.15, -0.1) is 0 Å². The molecule has 0 aliphatic heterocycles. The van der Waals surface area contributed by atoms with Gasteiger partial charge < -0.3 is 5.11 Å². The second-order valence-corrected chi connectivity index (χ2v) is 4.49. The first kappa shape index (κ1) is 9.07. The number of aliphatic hydroxyl groups excluding tert-OH is 1. The van der Waals surface area contributed by atoms with Gasteiger partial charge in [-0.2, -0.15) is 0 Å². The number of halogens is 1. The van der Waals surface area contributed by atoms with Gasteiger partial charge in [0.2, 0.25) is 0 Å². The quantitative estimate of drug-likeness (QED) is 0.793. The van der Waals surface area contributed by atoms with Crippen LogP contribution in [0, 0.1) is 0 Å². The Labute approximate surface area is 94.7 Å². The summed E-state index contributed by atoms with van der Waals surface area (Å²) in [6.07, 6.45) is -0.988. The number of carbonyl (C=O) groups excluding carboxylic acids is 1. The van der Waals surface area contributed by atoms with Crippen LogP contribution >= 0.6 is 15.9 Å². The topological polar surface area (TPSA) is 37.3 Å². The Morgan fingerprint density at radius 2 is 2.00 bits per heavy atom. The molecule has 0 saturated carbocycles. The summed E-state index contributed by atoms with van der Waals surface area (Å²) in [6.45, 7) is 0. The van der Waals surface area contributed by atoms with E-state index in [2.05, 4.69) is 15.9 Å². The second kappa shape index (κ2) is 2.90. The maximum absolute atomic E-state index is 11.7. The maximum atomic E-state index is 11.7. The fraction of sp³-hybridized carbons (Fsp3) is 0.0833. The zero-order chi connectivity index (χ0) is 10.6. The van der Waals surface area contributed by atoms with Gasteiger partial charge in [0.1, 0.15) is 6.10 Å². The van der Waals surface area contributed by atoms with E-state index in [-0.39, 0.29) is 5.78 Å². The molecule has 3 rings (SSSR count). The summed E-state index contributed by atoms with van der Waals surface area (Å²) in [4.78, 5) is 11.7. The highest BCUT2D eigenvalue weighted by Gasteiger charge is 2.31. The van der Waals surface area contributed by atoms with Crippen LogP contribution in [-0.4, -0.2) is 10.9 Å². The Kier molecular flexibility index (Phi) is 1.75. The van der Waals surface area contributed by atoms with Gasteiger partial charge in [0.05, 0.1) is 0 Å². The van der Waals surface area contributed by atoms with Crippen LogP contribution in [0.2, 0.25) is 0 Å². The van der Waals surface area contributed by atoms with Crippen molar-refractivity contribution in [1.82, 2.24) is 0 Å². The van der Waals surface area contributed by atoms with E-state index in [9.17, 15) is 9.90 Å². The lowest BCUT2D eigenvalue weighted by atomic mass is 10.1. The maximum Gasteiger partial charge on any atom is 0.196 e. The normalized spacial score (nSPS) is 18.8. The lowest BCUT2D eigenvalue weighted by molar-refractivity contribution is 0.0766. The molecule has 2 nitrogen and oxygen atoms in total. The zero-order valence-corrected chi connectivity index (χ0v) is 9.28. The molecular weight excluding hydrogens is 256 g/mol. The predicted molar refractivity (Wildman–Crippen MR) is 60.9 cm³/mol. The average molecular weight is 263 g/mol. The summed E-state index contributed by atoms with van der Waals surface area (Å²) in [5.74, 6) is -0.200. The molecule has 1 atom stereocenters. The number of benzene rings is 2. The number of hydrogen-bond acceptors (Lipinski definition) is 2. The molecule has 15 heavy (non-hydrogen) atoms. The molecule has 0 bridgehead atoms. The van der Waals surface area contributed by atoms with E-state index < -0.39 is 6.10 Å². The number of rotatable bonds is 0. The Morgan fingerprint density at radius 1 is 1.20 bits per heavy atom. The van der Waals surface area contributed by atoms with Gasteiger partial charge >= 0.3 is 0 Å². The van der Waals surface area contributed by atoms with Crippen LogP contribution in [0.1, 0.15) is 22.0 Å². The van der Waals surface area contributed by atoms with Gasteiger partial charge in [-0.1, -0.05) is 34.1 Å². The van der Waals surface area contributed by atoms with Crippen molar-refractivity contribution in [1.29, 1.82) is 0 Å². The monoisotopic (exact) mass is 262 g/mol. The van der Waals surface area contributed by atoms with Crippen molar-refractivity contribution >= 4 is 32.5 Å². The number of ketones is 1. The lowest BCUT2D eigenvalue weighted by Crippen LogP contribution is -2.03. The predicted octanol–water partition coefficient (Wildman–Crippen LogP) is 2.83. The first-order chi connectivity index (χ1) is 7.20. The van der Waals surface area contributed by atoms with E-state index in [1.165, 1.54) is 0 Å². The standard InChI is InChI=1S/C12H7BrO2/c13-9-5-4-8-10-6(9)2-1-3-7(10)11(14)12(8)15/h1-5,11,14H. The molecule has 0 amide bonds. The third kappa shape index (κ3) is 1.05. The van der Waals surface area contributed by atoms with E-state index >= 15 is 0 Å². The Balaban J connectivity index is 2.56. The summed E-state index contributed by atoms with van der Waals surface area (Å²) in [5, 5.41) is 11.6. The highest BCUT2D eigenvalue weighted by molar-refractivity contribution is 9.10. The molecule has 1 aliphatic carbocycles. The summed E-state index contributed by atoms with van der Waals surface area (Å²) >= 11 is 3.44. The van der Waals surface area contributed by atoms with Crippen molar-refractivity contribution in [3.8, 4) is 0 Å². The first-order valence-electron chi connectivity index (χ1n) is 4.63. The molecule has 2 aromatic carbocycles. The molecule has 74 valence electrons. The van der Waals surface area contributed by atoms with Gasteiger partial charge in [0.15, 0.2) is 5.78 Å². The molecule has 0 radical (unpaired) electrons. The first-order valence-corrected chi connectivity index (χ1v) is 5.43. The van der Waals surface area contributed by atoms with Crippen molar-refractivity contribution in [2.45, 2.75) is 6.10 Å². The molecule has 0 spiro atoms. The second-order valence-electron chi connectivity index (χ2n) is 3.63. The molecule has 3 heteroatoms. The smallest absolute Gasteiger partial charge is 0.196 e. The fourth-order valence-electron chi connectivity index (χ4n) is 2.12. The summed E-state index contributed by atoms with van der Waals surface area (Å²) in [5.41, 5.74) is 1.34. The minimum absolute atomic E-state index is 0.200. The van der Waals surface area contributed by atoms with Crippen LogP contribution in [0.3, 0.4) is 0 Å². The molecule has 0 heterocycles. The molecule has 0 aromatic heterocycles. The highest BCUT2D eigenvalue weighted by Crippen LogP contribution is 2.39. The largest absolute Gasteiger partial charge is 0.380 e. The van der Waals surface area contributed by atoms with Crippen LogP contribution in [0.4, 0.5) is 0 Å². The minimum Gasteiger partial charge on any atom is -0.380 e. The Hall–Kier alpha value is -1.19. The molecule has 1 N–H and O–H groups in total. The van der Waals surface area contributed by atoms with E-state index in [1.54, 1.807) is 12.1 Å². The van der Waals surface area contributed by atoms with Gasteiger partial charge in [-0.05, 0) is 28.5 Å². The molecule has 0 fully saturated rings. The van der Waals surface area contributed by atoms with Crippen LogP contribution in [-0.2, 0) is 0 Å². The van der Waals surface area contributed by atoms with Crippen LogP contribution in [0.15, 0.2) is 34.8 Å². The Bertz CT molecular complexity index is 589. The third-order valence-electron chi connectivity index (χ3n) is 2.83. The molecule has 0 saturated heterocycles. The van der Waals surface area contributed by atoms with Gasteiger partial charge in [-0.3, -0.25) is 4.79 Å². The van der Waals surface area contributed by atoms with Crippen molar-refractivity contribution < 1.29 is 9.90 Å². The van der Waals surface area contributed by atoms with Crippen molar-refractivity contribution in [3.63, 3.8) is 0 Å². The van der Waals surface area contributed by atoms with Gasteiger partial charge in [-0.25, -0.2) is 0 Å². The van der Waals surface area contributed by atoms with Crippen molar-refractivity contribution in [2.75, 3.05) is 0 Å². The van der Waals surface area contributed by atoms with E-state index in [0.717, 1.165) is 15.2 Å². The van der Waals surface area contributed by atoms with Gasteiger partial charge in [0, 0.05) is 10.0 Å². The highest BCUT2D eigenvalue weighted by atomic mass is 79.9. The van der Waals surface area contributed by atoms with Crippen LogP contribution in [0.25, 0.3) is 10.8 Å². The number of Topliss-reactive ketones (excluding diaryl/α,β-unsaturated/α-hetero) is 1. The van der Waals surface area contributed by atoms with Crippen LogP contribution < -0.4 is 0 Å². The van der Waals surface area contributed by atoms with Gasteiger partial charge in [0.25, 0.3) is 0 Å². The SMILES string of the molecule is O=C1c2ccc(Br)c3cccc(c23)C1O. The van der Waals surface area contributed by atoms with E-state index in [0.29, 0.717) is 11.1 Å². The molecule has 1 unspecified atom stereocenters. The van der Waals surface area contributed by atoms with E-state index in [1.807, 2.05) is 18.2 Å². The van der Waals surface area contributed by atoms with Crippen molar-refractivity contribution in [3.05, 3.63) is 45.9 Å². The lowest BCUT2D eigenvalue weighted by Gasteiger charge is -2.02. The van der Waals surface area contributed by atoms with Crippen LogP contribution in [0.5, 0.6) is 0 Å². The Morgan fingerprint density at radius 3 is 2.80 bits per heavy atom. The summed E-state index contributed by atoms with van der Waals surface area (Å²) in [7, 11) is 0. The number of carbonyl (C=O) groups is 1. The van der Waals surface area contributed by atoms with E-state index in [4.69, 9.17) is 0 Å². The summed E-state index contributed by atoms with van der Waals surface area (Å²) in [6, 6.07) is 9.20.